The highest BCUT2D eigenvalue weighted by atomic mass is 16.5. The SMILES string of the molecule is C[C@@H](N=[N+]=N)[C@H](NC(=O)c1ccc(-c2ccc(NC(=O)CNC3CC3)cc2)cc1)C(=O)NO. The van der Waals surface area contributed by atoms with Gasteiger partial charge >= 0.3 is 0 Å². The number of carbonyl (C=O) groups excluding carboxylic acids is 3. The molecule has 0 bridgehead atoms. The molecule has 1 saturated carbocycles. The summed E-state index contributed by atoms with van der Waals surface area (Å²) in [5.41, 5.74) is 11.0. The Morgan fingerprint density at radius 3 is 2.24 bits per heavy atom. The Bertz CT molecular complexity index is 1050. The number of nitrogens with zero attached hydrogens (tertiary/aromatic N) is 2. The van der Waals surface area contributed by atoms with Crippen LogP contribution in [-0.2, 0) is 9.59 Å². The minimum Gasteiger partial charge on any atom is -0.338 e. The molecule has 3 amide bonds. The molecule has 0 aliphatic heterocycles. The maximum Gasteiger partial charge on any atom is 0.268 e. The zero-order valence-electron chi connectivity index (χ0n) is 18.0. The van der Waals surface area contributed by atoms with Gasteiger partial charge in [-0.15, -0.1) is 0 Å². The minimum absolute atomic E-state index is 0.0864. The van der Waals surface area contributed by atoms with Crippen molar-refractivity contribution < 1.29 is 19.6 Å². The van der Waals surface area contributed by atoms with Crippen LogP contribution in [0.15, 0.2) is 53.6 Å². The lowest BCUT2D eigenvalue weighted by molar-refractivity contribution is -0.131. The second-order valence-electron chi connectivity index (χ2n) is 7.74. The van der Waals surface area contributed by atoms with Crippen LogP contribution in [0.4, 0.5) is 5.69 Å². The van der Waals surface area contributed by atoms with Crippen molar-refractivity contribution in [2.75, 3.05) is 11.9 Å². The van der Waals surface area contributed by atoms with E-state index in [9.17, 15) is 14.4 Å². The van der Waals surface area contributed by atoms with Gasteiger partial charge in [-0.3, -0.25) is 19.6 Å². The molecule has 2 aromatic carbocycles. The Kier molecular flexibility index (Phi) is 7.98. The van der Waals surface area contributed by atoms with Crippen LogP contribution in [-0.4, -0.2) is 47.6 Å². The molecule has 0 aromatic heterocycles. The van der Waals surface area contributed by atoms with Crippen molar-refractivity contribution in [3.8, 4) is 11.1 Å². The van der Waals surface area contributed by atoms with Crippen molar-refractivity contribution in [2.24, 2.45) is 5.11 Å². The summed E-state index contributed by atoms with van der Waals surface area (Å²) in [5.74, 6) is -1.49. The second-order valence-corrected chi connectivity index (χ2v) is 7.74. The maximum absolute atomic E-state index is 12.5. The van der Waals surface area contributed by atoms with E-state index in [-0.39, 0.29) is 5.91 Å². The summed E-state index contributed by atoms with van der Waals surface area (Å²) in [7, 11) is 0. The zero-order chi connectivity index (χ0) is 23.8. The van der Waals surface area contributed by atoms with Gasteiger partial charge < -0.3 is 16.0 Å². The van der Waals surface area contributed by atoms with E-state index in [1.54, 1.807) is 24.3 Å². The lowest BCUT2D eigenvalue weighted by atomic mass is 10.0. The van der Waals surface area contributed by atoms with Gasteiger partial charge in [0, 0.05) is 17.3 Å². The van der Waals surface area contributed by atoms with Gasteiger partial charge in [0.2, 0.25) is 10.8 Å². The Hall–Kier alpha value is -3.92. The zero-order valence-corrected chi connectivity index (χ0v) is 18.0. The first-order valence-electron chi connectivity index (χ1n) is 10.5. The van der Waals surface area contributed by atoms with E-state index in [0.717, 1.165) is 24.0 Å². The molecule has 0 saturated heterocycles. The molecule has 0 unspecified atom stereocenters. The monoisotopic (exact) mass is 452 g/mol. The van der Waals surface area contributed by atoms with Crippen LogP contribution in [0, 0.1) is 5.53 Å². The molecule has 0 spiro atoms. The van der Waals surface area contributed by atoms with E-state index in [2.05, 4.69) is 26.0 Å². The molecule has 6 N–H and O–H groups in total. The molecule has 11 nitrogen and oxygen atoms in total. The van der Waals surface area contributed by atoms with E-state index < -0.39 is 23.9 Å². The summed E-state index contributed by atoms with van der Waals surface area (Å²) in [5, 5.41) is 20.9. The van der Waals surface area contributed by atoms with Gasteiger partial charge in [-0.1, -0.05) is 24.3 Å². The first-order chi connectivity index (χ1) is 15.9. The lowest BCUT2D eigenvalue weighted by Gasteiger charge is -2.17. The molecule has 1 aliphatic rings. The Morgan fingerprint density at radius 2 is 1.70 bits per heavy atom. The average Bonchev–Trinajstić information content (AvgIpc) is 3.66. The molecule has 0 heterocycles. The number of anilines is 1. The van der Waals surface area contributed by atoms with Crippen LogP contribution in [0.25, 0.3) is 11.1 Å². The average molecular weight is 452 g/mol. The first-order valence-corrected chi connectivity index (χ1v) is 10.5. The summed E-state index contributed by atoms with van der Waals surface area (Å²) >= 11 is 0. The van der Waals surface area contributed by atoms with Crippen molar-refractivity contribution in [2.45, 2.75) is 37.9 Å². The topological polar surface area (TPSA) is 170 Å². The number of nitrogens with one attached hydrogen (secondary N) is 5. The normalized spacial score (nSPS) is 14.4. The predicted molar refractivity (Wildman–Crippen MR) is 119 cm³/mol. The van der Waals surface area contributed by atoms with Crippen LogP contribution < -0.4 is 26.3 Å². The molecule has 2 atom stereocenters. The van der Waals surface area contributed by atoms with E-state index in [1.165, 1.54) is 12.4 Å². The van der Waals surface area contributed by atoms with Crippen molar-refractivity contribution >= 4 is 23.4 Å². The van der Waals surface area contributed by atoms with Gasteiger partial charge in [-0.25, -0.2) is 5.48 Å². The highest BCUT2D eigenvalue weighted by Gasteiger charge is 2.30. The highest BCUT2D eigenvalue weighted by molar-refractivity contribution is 5.98. The Morgan fingerprint density at radius 1 is 1.09 bits per heavy atom. The van der Waals surface area contributed by atoms with Crippen LogP contribution in [0.3, 0.4) is 0 Å². The van der Waals surface area contributed by atoms with Crippen molar-refractivity contribution in [3.05, 3.63) is 54.1 Å². The van der Waals surface area contributed by atoms with Crippen molar-refractivity contribution in [3.63, 3.8) is 0 Å². The van der Waals surface area contributed by atoms with Gasteiger partial charge in [0.05, 0.1) is 6.54 Å². The highest BCUT2D eigenvalue weighted by Crippen LogP contribution is 2.22. The van der Waals surface area contributed by atoms with Crippen molar-refractivity contribution in [1.29, 1.82) is 5.53 Å². The Labute approximate surface area is 190 Å². The number of carbonyl (C=O) groups is 3. The minimum atomic E-state index is -1.20. The fourth-order valence-electron chi connectivity index (χ4n) is 3.15. The molecule has 2 aromatic rings. The Balaban J connectivity index is 1.61. The standard InChI is InChI=1S/C22H25N7O4/c1-13(27-29-23)20(22(32)28-33)26-21(31)16-4-2-14(3-5-16)15-6-8-18(9-7-15)25-19(30)12-24-17-10-11-17/h2-9,13,17,20,23-24H,10-12H2,1H3,(H3-,25,26,28,30,31,32,33)/p+1/t13-,20+/m1/s1. The molecule has 33 heavy (non-hydrogen) atoms. The number of amides is 3. The van der Waals surface area contributed by atoms with Crippen LogP contribution >= 0.6 is 0 Å². The van der Waals surface area contributed by atoms with E-state index in [4.69, 9.17) is 10.7 Å². The third kappa shape index (κ3) is 6.78. The molecular weight excluding hydrogens is 426 g/mol. The number of hydrogen-bond donors (Lipinski definition) is 6. The number of hydrogen-bond acceptors (Lipinski definition) is 7. The van der Waals surface area contributed by atoms with Crippen LogP contribution in [0.5, 0.6) is 0 Å². The smallest absolute Gasteiger partial charge is 0.268 e. The summed E-state index contributed by atoms with van der Waals surface area (Å²) < 4.78 is 0. The number of benzene rings is 2. The number of hydroxylamine groups is 1. The molecule has 3 rings (SSSR count). The van der Waals surface area contributed by atoms with Crippen molar-refractivity contribution in [1.82, 2.24) is 21.0 Å². The first kappa shape index (κ1) is 23.7. The molecule has 172 valence electrons. The van der Waals surface area contributed by atoms with E-state index in [1.807, 2.05) is 24.3 Å². The molecule has 1 fully saturated rings. The summed E-state index contributed by atoms with van der Waals surface area (Å²) in [6.07, 6.45) is 2.25. The predicted octanol–water partition coefficient (Wildman–Crippen LogP) is 1.59. The lowest BCUT2D eigenvalue weighted by Crippen LogP contribution is -2.51. The molecule has 1 aliphatic carbocycles. The van der Waals surface area contributed by atoms with Gasteiger partial charge in [-0.05, 0) is 55.2 Å². The summed E-state index contributed by atoms with van der Waals surface area (Å²) in [4.78, 5) is 39.2. The maximum atomic E-state index is 12.5. The third-order valence-corrected chi connectivity index (χ3v) is 5.18. The fraction of sp³-hybridized carbons (Fsp3) is 0.318. The van der Waals surface area contributed by atoms with Gasteiger partial charge in [-0.2, -0.15) is 0 Å². The quantitative estimate of drug-likeness (QED) is 0.139. The van der Waals surface area contributed by atoms with Gasteiger partial charge in [0.15, 0.2) is 6.04 Å². The van der Waals surface area contributed by atoms with Crippen LogP contribution in [0.2, 0.25) is 0 Å². The summed E-state index contributed by atoms with van der Waals surface area (Å²) in [6, 6.07) is 12.5. The van der Waals surface area contributed by atoms with Gasteiger partial charge in [0.25, 0.3) is 11.8 Å². The fourth-order valence-corrected chi connectivity index (χ4v) is 3.15. The second kappa shape index (κ2) is 11.1. The number of rotatable bonds is 10. The third-order valence-electron chi connectivity index (χ3n) is 5.18. The van der Waals surface area contributed by atoms with E-state index in [0.29, 0.717) is 23.8 Å². The van der Waals surface area contributed by atoms with Gasteiger partial charge in [0.1, 0.15) is 16.7 Å². The van der Waals surface area contributed by atoms with Crippen LogP contribution in [0.1, 0.15) is 30.1 Å². The summed E-state index contributed by atoms with van der Waals surface area (Å²) in [6.45, 7) is 1.78. The molecular formula is C22H26N7O4+. The largest absolute Gasteiger partial charge is 0.338 e. The molecule has 0 radical (unpaired) electrons. The van der Waals surface area contributed by atoms with E-state index >= 15 is 0 Å². The molecule has 11 heteroatoms.